The second-order valence-electron chi connectivity index (χ2n) is 11.6. The van der Waals surface area contributed by atoms with E-state index in [1.807, 2.05) is 0 Å². The van der Waals surface area contributed by atoms with Crippen molar-refractivity contribution in [3.05, 3.63) is 58.4 Å². The first-order chi connectivity index (χ1) is 20.4. The molecule has 0 aliphatic heterocycles. The number of hydrogen-bond donors (Lipinski definition) is 5. The van der Waals surface area contributed by atoms with Gasteiger partial charge in [-0.3, -0.25) is 19.3 Å². The highest BCUT2D eigenvalue weighted by Crippen LogP contribution is 2.55. The Morgan fingerprint density at radius 3 is 2.20 bits per heavy atom. The maximum absolute atomic E-state index is 14.1. The number of phenols is 1. The van der Waals surface area contributed by atoms with Gasteiger partial charge in [-0.15, -0.1) is 13.2 Å². The zero-order valence-electron chi connectivity index (χ0n) is 24.1. The van der Waals surface area contributed by atoms with Crippen LogP contribution in [0.1, 0.15) is 17.5 Å². The third kappa shape index (κ3) is 4.56. The topological polar surface area (TPSA) is 174 Å². The number of carbonyl (C=O) groups is 3. The summed E-state index contributed by atoms with van der Waals surface area (Å²) in [7, 11) is 6.43. The van der Waals surface area contributed by atoms with E-state index in [1.165, 1.54) is 31.1 Å². The van der Waals surface area contributed by atoms with E-state index >= 15 is 0 Å². The highest BCUT2D eigenvalue weighted by Gasteiger charge is 2.64. The number of halogens is 3. The summed E-state index contributed by atoms with van der Waals surface area (Å²) in [5.74, 6) is -8.15. The van der Waals surface area contributed by atoms with E-state index in [9.17, 15) is 48.0 Å². The van der Waals surface area contributed by atoms with Gasteiger partial charge in [0.1, 0.15) is 28.6 Å². The number of amides is 1. The molecule has 0 saturated heterocycles. The predicted molar refractivity (Wildman–Crippen MR) is 151 cm³/mol. The van der Waals surface area contributed by atoms with Gasteiger partial charge in [-0.2, -0.15) is 0 Å². The van der Waals surface area contributed by atoms with Gasteiger partial charge >= 0.3 is 6.36 Å². The molecular formula is C30H30F3N3O8. The van der Waals surface area contributed by atoms with Gasteiger partial charge in [-0.25, -0.2) is 0 Å². The van der Waals surface area contributed by atoms with E-state index < -0.39 is 75.9 Å². The highest BCUT2D eigenvalue weighted by atomic mass is 19.4. The van der Waals surface area contributed by atoms with Crippen molar-refractivity contribution in [2.75, 3.05) is 33.1 Å². The molecule has 4 atom stereocenters. The van der Waals surface area contributed by atoms with Crippen molar-refractivity contribution in [1.82, 2.24) is 4.90 Å². The molecule has 1 amide bonds. The van der Waals surface area contributed by atoms with Gasteiger partial charge in [-0.1, -0.05) is 12.1 Å². The van der Waals surface area contributed by atoms with Crippen LogP contribution in [0.3, 0.4) is 0 Å². The number of primary amides is 1. The minimum absolute atomic E-state index is 0.0676. The summed E-state index contributed by atoms with van der Waals surface area (Å²) >= 11 is 0. The van der Waals surface area contributed by atoms with E-state index in [2.05, 4.69) is 4.74 Å². The SMILES string of the molecule is CN(C)c1cc(-c2ccc(OC(F)(F)F)cc2)c(O)c2c1C[C@H]1C[C@@H]3[C@@H](N(C)C)C(=O)C(C(N)=O)=C(O)[C@]3(O)C(=O)C1=C2O. The molecule has 1 saturated carbocycles. The Morgan fingerprint density at radius 1 is 1.07 bits per heavy atom. The summed E-state index contributed by atoms with van der Waals surface area (Å²) < 4.78 is 41.9. The van der Waals surface area contributed by atoms with Crippen molar-refractivity contribution in [2.45, 2.75) is 30.8 Å². The summed E-state index contributed by atoms with van der Waals surface area (Å²) in [4.78, 5) is 42.6. The first-order valence-corrected chi connectivity index (χ1v) is 13.5. The summed E-state index contributed by atoms with van der Waals surface area (Å²) in [6.45, 7) is 0. The fourth-order valence-corrected chi connectivity index (χ4v) is 6.75. The number of nitrogens with zero attached hydrogens (tertiary/aromatic N) is 2. The number of Topliss-reactive ketones (excluding diaryl/α,β-unsaturated/α-hetero) is 2. The van der Waals surface area contributed by atoms with Crippen LogP contribution >= 0.6 is 0 Å². The Balaban J connectivity index is 1.71. The number of fused-ring (bicyclic) bond motifs is 3. The van der Waals surface area contributed by atoms with Gasteiger partial charge in [0.25, 0.3) is 5.91 Å². The lowest BCUT2D eigenvalue weighted by atomic mass is 9.57. The first kappa shape index (κ1) is 30.9. The number of benzene rings is 2. The lowest BCUT2D eigenvalue weighted by Crippen LogP contribution is -2.65. The van der Waals surface area contributed by atoms with Crippen LogP contribution in [0.2, 0.25) is 0 Å². The largest absolute Gasteiger partial charge is 0.573 e. The standard InChI is InChI=1S/C30H30F3N3O8/c1-35(2)18-11-15(12-5-7-14(8-6-12)44-30(31,32)33)23(37)20-16(18)9-13-10-17-22(36(3)4)25(39)21(28(34)42)27(41)29(17,43)26(40)19(13)24(20)38/h5-8,11,13,17,22,37-38,41,43H,9-10H2,1-4H3,(H2,34,42)/t13-,17+,22+,29+/m0/s1. The van der Waals surface area contributed by atoms with Crippen molar-refractivity contribution < 1.29 is 52.7 Å². The minimum Gasteiger partial charge on any atom is -0.508 e. The summed E-state index contributed by atoms with van der Waals surface area (Å²) in [5, 5.41) is 45.8. The maximum Gasteiger partial charge on any atom is 0.573 e. The molecule has 14 heteroatoms. The summed E-state index contributed by atoms with van der Waals surface area (Å²) in [5.41, 5.74) is 2.55. The predicted octanol–water partition coefficient (Wildman–Crippen LogP) is 2.60. The number of rotatable bonds is 5. The molecule has 0 radical (unpaired) electrons. The molecule has 44 heavy (non-hydrogen) atoms. The van der Waals surface area contributed by atoms with Crippen LogP contribution in [0.25, 0.3) is 16.9 Å². The molecule has 6 N–H and O–H groups in total. The zero-order chi connectivity index (χ0) is 32.6. The van der Waals surface area contributed by atoms with Crippen molar-refractivity contribution in [3.8, 4) is 22.6 Å². The molecule has 2 aromatic carbocycles. The van der Waals surface area contributed by atoms with E-state index in [0.717, 1.165) is 12.1 Å². The Kier molecular flexibility index (Phi) is 7.21. The zero-order valence-corrected chi connectivity index (χ0v) is 24.1. The number of aromatic hydroxyl groups is 1. The molecule has 0 aromatic heterocycles. The highest BCUT2D eigenvalue weighted by molar-refractivity contribution is 6.24. The molecule has 0 bridgehead atoms. The molecule has 5 rings (SSSR count). The second kappa shape index (κ2) is 10.3. The Labute approximate surface area is 249 Å². The lowest BCUT2D eigenvalue weighted by molar-refractivity contribution is -0.274. The fraction of sp³-hybridized carbons (Fsp3) is 0.367. The Hall–Kier alpha value is -4.56. The molecule has 0 heterocycles. The monoisotopic (exact) mass is 617 g/mol. The summed E-state index contributed by atoms with van der Waals surface area (Å²) in [6.07, 6.45) is -4.90. The van der Waals surface area contributed by atoms with Crippen LogP contribution in [-0.2, 0) is 20.8 Å². The first-order valence-electron chi connectivity index (χ1n) is 13.5. The molecule has 3 aliphatic rings. The van der Waals surface area contributed by atoms with Crippen LogP contribution in [0, 0.1) is 11.8 Å². The maximum atomic E-state index is 14.1. The second-order valence-corrected chi connectivity index (χ2v) is 11.6. The van der Waals surface area contributed by atoms with Crippen molar-refractivity contribution >= 4 is 28.9 Å². The molecule has 234 valence electrons. The van der Waals surface area contributed by atoms with Crippen LogP contribution in [0.4, 0.5) is 18.9 Å². The van der Waals surface area contributed by atoms with Crippen LogP contribution in [-0.4, -0.2) is 89.0 Å². The number of aliphatic hydroxyl groups is 3. The number of aliphatic hydroxyl groups excluding tert-OH is 2. The lowest BCUT2D eigenvalue weighted by Gasteiger charge is -2.50. The van der Waals surface area contributed by atoms with Gasteiger partial charge in [0.2, 0.25) is 5.78 Å². The molecule has 11 nitrogen and oxygen atoms in total. The molecule has 3 aliphatic carbocycles. The van der Waals surface area contributed by atoms with E-state index in [0.29, 0.717) is 11.3 Å². The minimum atomic E-state index is -4.91. The quantitative estimate of drug-likeness (QED) is 0.314. The molecule has 0 spiro atoms. The van der Waals surface area contributed by atoms with Crippen molar-refractivity contribution in [3.63, 3.8) is 0 Å². The third-order valence-electron chi connectivity index (χ3n) is 8.58. The smallest absolute Gasteiger partial charge is 0.508 e. The Morgan fingerprint density at radius 2 is 1.68 bits per heavy atom. The number of likely N-dealkylation sites (N-methyl/N-ethyl adjacent to an activating group) is 1. The van der Waals surface area contributed by atoms with E-state index in [-0.39, 0.29) is 35.1 Å². The van der Waals surface area contributed by atoms with Gasteiger partial charge < -0.3 is 35.8 Å². The number of carbonyl (C=O) groups excluding carboxylic acids is 3. The number of ether oxygens (including phenoxy) is 1. The number of phenolic OH excluding ortho intramolecular Hbond substituents is 1. The number of anilines is 1. The van der Waals surface area contributed by atoms with Crippen LogP contribution < -0.4 is 15.4 Å². The average molecular weight is 618 g/mol. The number of nitrogens with two attached hydrogens (primary N) is 1. The van der Waals surface area contributed by atoms with Gasteiger partial charge in [0.15, 0.2) is 11.4 Å². The molecule has 0 unspecified atom stereocenters. The average Bonchev–Trinajstić information content (AvgIpc) is 2.90. The van der Waals surface area contributed by atoms with Crippen molar-refractivity contribution in [1.29, 1.82) is 0 Å². The van der Waals surface area contributed by atoms with E-state index in [1.54, 1.807) is 25.1 Å². The van der Waals surface area contributed by atoms with E-state index in [4.69, 9.17) is 5.73 Å². The fourth-order valence-electron chi connectivity index (χ4n) is 6.75. The third-order valence-corrected chi connectivity index (χ3v) is 8.58. The number of hydrogen-bond acceptors (Lipinski definition) is 10. The molecular weight excluding hydrogens is 587 g/mol. The number of ketones is 2. The van der Waals surface area contributed by atoms with Gasteiger partial charge in [0, 0.05) is 36.8 Å². The summed E-state index contributed by atoms with van der Waals surface area (Å²) in [6, 6.07) is 5.07. The molecule has 2 aromatic rings. The normalized spacial score (nSPS) is 25.1. The van der Waals surface area contributed by atoms with Crippen LogP contribution in [0.5, 0.6) is 11.5 Å². The Bertz CT molecular complexity index is 1660. The van der Waals surface area contributed by atoms with Gasteiger partial charge in [0.05, 0.1) is 11.6 Å². The van der Waals surface area contributed by atoms with Crippen LogP contribution in [0.15, 0.2) is 47.2 Å². The molecule has 1 fully saturated rings. The van der Waals surface area contributed by atoms with Gasteiger partial charge in [-0.05, 0) is 62.2 Å². The number of alkyl halides is 3. The van der Waals surface area contributed by atoms with Crippen molar-refractivity contribution in [2.24, 2.45) is 17.6 Å².